The fourth-order valence-electron chi connectivity index (χ4n) is 0.645. The van der Waals surface area contributed by atoms with Gasteiger partial charge in [0.15, 0.2) is 0 Å². The molecular weight excluding hydrogens is 164 g/mol. The molecule has 1 rings (SSSR count). The standard InChI is InChI=1S/C6H3BClNO2/c7-5-3-4(9(10)11)1-2-6(5)8/h1-3H. The van der Waals surface area contributed by atoms with Crippen molar-refractivity contribution in [3.05, 3.63) is 33.3 Å². The van der Waals surface area contributed by atoms with Gasteiger partial charge in [-0.1, -0.05) is 17.1 Å². The normalized spacial score (nSPS) is 9.55. The highest BCUT2D eigenvalue weighted by Gasteiger charge is 2.05. The fraction of sp³-hybridized carbons (Fsp3) is 0. The molecule has 0 aliphatic heterocycles. The van der Waals surface area contributed by atoms with Crippen LogP contribution < -0.4 is 5.46 Å². The highest BCUT2D eigenvalue weighted by molar-refractivity contribution is 6.45. The predicted octanol–water partition coefficient (Wildman–Crippen LogP) is 1.04. The van der Waals surface area contributed by atoms with Gasteiger partial charge in [0, 0.05) is 17.2 Å². The van der Waals surface area contributed by atoms with Crippen molar-refractivity contribution in [3.8, 4) is 0 Å². The van der Waals surface area contributed by atoms with E-state index in [0.29, 0.717) is 5.02 Å². The molecule has 0 N–H and O–H groups in total. The highest BCUT2D eigenvalue weighted by Crippen LogP contribution is 2.12. The first-order valence-corrected chi connectivity index (χ1v) is 3.18. The Morgan fingerprint density at radius 3 is 2.64 bits per heavy atom. The zero-order chi connectivity index (χ0) is 8.43. The van der Waals surface area contributed by atoms with Crippen molar-refractivity contribution < 1.29 is 4.92 Å². The third-order valence-corrected chi connectivity index (χ3v) is 1.53. The van der Waals surface area contributed by atoms with Crippen LogP contribution in [0.5, 0.6) is 0 Å². The van der Waals surface area contributed by atoms with Crippen LogP contribution in [-0.2, 0) is 0 Å². The molecule has 0 saturated carbocycles. The quantitative estimate of drug-likeness (QED) is 0.356. The van der Waals surface area contributed by atoms with E-state index in [4.69, 9.17) is 19.4 Å². The summed E-state index contributed by atoms with van der Waals surface area (Å²) in [6, 6.07) is 3.93. The van der Waals surface area contributed by atoms with Gasteiger partial charge in [-0.05, 0) is 6.07 Å². The molecule has 2 radical (unpaired) electrons. The summed E-state index contributed by atoms with van der Waals surface area (Å²) in [6.45, 7) is 0. The Morgan fingerprint density at radius 1 is 1.55 bits per heavy atom. The molecule has 0 aromatic heterocycles. The van der Waals surface area contributed by atoms with E-state index in [-0.39, 0.29) is 11.2 Å². The zero-order valence-electron chi connectivity index (χ0n) is 5.45. The molecule has 1 aromatic rings. The van der Waals surface area contributed by atoms with Gasteiger partial charge in [0.25, 0.3) is 5.69 Å². The number of benzene rings is 1. The molecule has 0 bridgehead atoms. The summed E-state index contributed by atoms with van der Waals surface area (Å²) in [7, 11) is 5.32. The number of nitro benzene ring substituents is 1. The van der Waals surface area contributed by atoms with Crippen LogP contribution in [0, 0.1) is 10.1 Å². The van der Waals surface area contributed by atoms with Crippen LogP contribution in [0.2, 0.25) is 5.02 Å². The molecule has 0 fully saturated rings. The van der Waals surface area contributed by atoms with Crippen molar-refractivity contribution in [2.75, 3.05) is 0 Å². The molecule has 54 valence electrons. The van der Waals surface area contributed by atoms with Crippen LogP contribution in [0.25, 0.3) is 0 Å². The van der Waals surface area contributed by atoms with E-state index < -0.39 is 4.92 Å². The van der Waals surface area contributed by atoms with Crippen molar-refractivity contribution in [2.24, 2.45) is 0 Å². The molecular formula is C6H3BClNO2. The number of nitro groups is 1. The van der Waals surface area contributed by atoms with Gasteiger partial charge in [0.2, 0.25) is 0 Å². The summed E-state index contributed by atoms with van der Waals surface area (Å²) in [4.78, 5) is 9.65. The Kier molecular flexibility index (Phi) is 2.15. The maximum absolute atomic E-state index is 10.2. The zero-order valence-corrected chi connectivity index (χ0v) is 6.21. The van der Waals surface area contributed by atoms with Crippen molar-refractivity contribution >= 4 is 30.6 Å². The van der Waals surface area contributed by atoms with E-state index in [0.717, 1.165) is 0 Å². The lowest BCUT2D eigenvalue weighted by molar-refractivity contribution is -0.384. The van der Waals surface area contributed by atoms with Gasteiger partial charge in [-0.2, -0.15) is 0 Å². The molecule has 0 heterocycles. The summed E-state index contributed by atoms with van der Waals surface area (Å²) >= 11 is 5.54. The second kappa shape index (κ2) is 2.92. The summed E-state index contributed by atoms with van der Waals surface area (Å²) < 4.78 is 0. The van der Waals surface area contributed by atoms with E-state index >= 15 is 0 Å². The van der Waals surface area contributed by atoms with Crippen molar-refractivity contribution in [1.29, 1.82) is 0 Å². The second-order valence-electron chi connectivity index (χ2n) is 1.96. The van der Waals surface area contributed by atoms with Crippen LogP contribution in [0.15, 0.2) is 18.2 Å². The van der Waals surface area contributed by atoms with Crippen molar-refractivity contribution in [1.82, 2.24) is 0 Å². The number of halogens is 1. The van der Waals surface area contributed by atoms with Gasteiger partial charge in [-0.25, -0.2) is 0 Å². The SMILES string of the molecule is [B]c1cc([N+](=O)[O-])ccc1Cl. The molecule has 11 heavy (non-hydrogen) atoms. The van der Waals surface area contributed by atoms with Crippen molar-refractivity contribution in [3.63, 3.8) is 0 Å². The Balaban J connectivity index is 3.15. The monoisotopic (exact) mass is 167 g/mol. The van der Waals surface area contributed by atoms with Crippen molar-refractivity contribution in [2.45, 2.75) is 0 Å². The second-order valence-corrected chi connectivity index (χ2v) is 2.37. The minimum atomic E-state index is -0.521. The van der Waals surface area contributed by atoms with Crippen LogP contribution in [0.1, 0.15) is 0 Å². The first-order valence-electron chi connectivity index (χ1n) is 2.80. The molecule has 0 amide bonds. The van der Waals surface area contributed by atoms with Crippen LogP contribution in [-0.4, -0.2) is 12.8 Å². The Bertz CT molecular complexity index is 303. The van der Waals surface area contributed by atoms with Crippen LogP contribution in [0.4, 0.5) is 5.69 Å². The number of nitrogens with zero attached hydrogens (tertiary/aromatic N) is 1. The van der Waals surface area contributed by atoms with E-state index in [1.165, 1.54) is 18.2 Å². The van der Waals surface area contributed by atoms with E-state index in [1.54, 1.807) is 0 Å². The van der Waals surface area contributed by atoms with Gasteiger partial charge >= 0.3 is 0 Å². The molecule has 0 saturated heterocycles. The molecule has 0 aliphatic rings. The largest absolute Gasteiger partial charge is 0.268 e. The smallest absolute Gasteiger partial charge is 0.258 e. The third-order valence-electron chi connectivity index (χ3n) is 1.19. The molecule has 0 aliphatic carbocycles. The number of hydrogen-bond donors (Lipinski definition) is 0. The summed E-state index contributed by atoms with van der Waals surface area (Å²) in [6.07, 6.45) is 0. The lowest BCUT2D eigenvalue weighted by atomic mass is 9.96. The lowest BCUT2D eigenvalue weighted by Crippen LogP contribution is -2.04. The number of hydrogen-bond acceptors (Lipinski definition) is 2. The van der Waals surface area contributed by atoms with Gasteiger partial charge in [-0.3, -0.25) is 10.1 Å². The minimum Gasteiger partial charge on any atom is -0.258 e. The topological polar surface area (TPSA) is 43.1 Å². The Morgan fingerprint density at radius 2 is 2.18 bits per heavy atom. The third kappa shape index (κ3) is 1.71. The minimum absolute atomic E-state index is 0.0492. The van der Waals surface area contributed by atoms with Crippen LogP contribution >= 0.6 is 11.6 Å². The van der Waals surface area contributed by atoms with Crippen LogP contribution in [0.3, 0.4) is 0 Å². The average molecular weight is 167 g/mol. The maximum Gasteiger partial charge on any atom is 0.268 e. The Hall–Kier alpha value is -1.03. The summed E-state index contributed by atoms with van der Waals surface area (Å²) in [5, 5.41) is 10.5. The summed E-state index contributed by atoms with van der Waals surface area (Å²) in [5.41, 5.74) is 0.174. The van der Waals surface area contributed by atoms with E-state index in [9.17, 15) is 10.1 Å². The van der Waals surface area contributed by atoms with Gasteiger partial charge < -0.3 is 0 Å². The maximum atomic E-state index is 10.2. The van der Waals surface area contributed by atoms with E-state index in [2.05, 4.69) is 0 Å². The molecule has 5 heteroatoms. The van der Waals surface area contributed by atoms with Gasteiger partial charge in [0.1, 0.15) is 7.85 Å². The lowest BCUT2D eigenvalue weighted by Gasteiger charge is -1.95. The van der Waals surface area contributed by atoms with E-state index in [1.807, 2.05) is 0 Å². The fourth-order valence-corrected chi connectivity index (χ4v) is 0.762. The molecule has 0 unspecified atom stereocenters. The van der Waals surface area contributed by atoms with Gasteiger partial charge in [0.05, 0.1) is 4.92 Å². The number of rotatable bonds is 1. The first-order chi connectivity index (χ1) is 5.11. The molecule has 0 atom stereocenters. The highest BCUT2D eigenvalue weighted by atomic mass is 35.5. The van der Waals surface area contributed by atoms with Gasteiger partial charge in [-0.15, -0.1) is 0 Å². The molecule has 0 spiro atoms. The first kappa shape index (κ1) is 8.08. The summed E-state index contributed by atoms with van der Waals surface area (Å²) in [5.74, 6) is 0. The Labute approximate surface area is 69.5 Å². The predicted molar refractivity (Wildman–Crippen MR) is 43.5 cm³/mol. The number of non-ortho nitro benzene ring substituents is 1. The average Bonchev–Trinajstić information content (AvgIpc) is 1.94. The molecule has 1 aromatic carbocycles. The molecule has 3 nitrogen and oxygen atoms in total.